The summed E-state index contributed by atoms with van der Waals surface area (Å²) in [4.78, 5) is 1.15. The van der Waals surface area contributed by atoms with Crippen molar-refractivity contribution in [3.63, 3.8) is 0 Å². The van der Waals surface area contributed by atoms with Gasteiger partial charge in [-0.2, -0.15) is 0 Å². The van der Waals surface area contributed by atoms with Crippen molar-refractivity contribution >= 4 is 27.7 Å². The summed E-state index contributed by atoms with van der Waals surface area (Å²) in [5.41, 5.74) is 7.05. The lowest BCUT2D eigenvalue weighted by Crippen LogP contribution is -2.05. The molecule has 1 aliphatic heterocycles. The van der Waals surface area contributed by atoms with Crippen molar-refractivity contribution in [1.29, 1.82) is 0 Å². The van der Waals surface area contributed by atoms with Crippen LogP contribution in [0.4, 0.5) is 0 Å². The maximum atomic E-state index is 5.92. The Bertz CT molecular complexity index is 639. The molecule has 0 spiro atoms. The van der Waals surface area contributed by atoms with Crippen LogP contribution >= 0.6 is 27.7 Å². The molecule has 6 heteroatoms. The summed E-state index contributed by atoms with van der Waals surface area (Å²) in [5.74, 6) is 1.12. The molecule has 0 amide bonds. The highest BCUT2D eigenvalue weighted by Gasteiger charge is 2.16. The minimum Gasteiger partial charge on any atom is -0.324 e. The Hall–Kier alpha value is -0.850. The molecule has 21 heavy (non-hydrogen) atoms. The van der Waals surface area contributed by atoms with Gasteiger partial charge in [0.1, 0.15) is 5.82 Å². The number of benzene rings is 1. The molecular formula is C15H19BrN4S. The van der Waals surface area contributed by atoms with Crippen LogP contribution in [-0.4, -0.2) is 14.8 Å². The van der Waals surface area contributed by atoms with Crippen molar-refractivity contribution < 1.29 is 0 Å². The summed E-state index contributed by atoms with van der Waals surface area (Å²) in [7, 11) is 0. The Morgan fingerprint density at radius 1 is 1.29 bits per heavy atom. The molecule has 0 aliphatic carbocycles. The third-order valence-corrected chi connectivity index (χ3v) is 5.74. The number of aryl methyl sites for hydroxylation is 1. The standard InChI is InChI=1S/C15H19BrN4S/c1-10(17)11-6-7-13(12(16)9-11)21-15-19-18-14-5-3-2-4-8-20(14)15/h6-7,9-10H,2-5,8,17H2,1H3. The summed E-state index contributed by atoms with van der Waals surface area (Å²) >= 11 is 5.31. The average molecular weight is 367 g/mol. The van der Waals surface area contributed by atoms with Gasteiger partial charge in [-0.3, -0.25) is 0 Å². The molecule has 1 aromatic carbocycles. The zero-order chi connectivity index (χ0) is 14.8. The number of halogens is 1. The number of fused-ring (bicyclic) bond motifs is 1. The van der Waals surface area contributed by atoms with E-state index in [-0.39, 0.29) is 6.04 Å². The van der Waals surface area contributed by atoms with Crippen molar-refractivity contribution in [3.8, 4) is 0 Å². The number of rotatable bonds is 3. The molecule has 0 saturated heterocycles. The lowest BCUT2D eigenvalue weighted by atomic mass is 10.1. The van der Waals surface area contributed by atoms with E-state index in [9.17, 15) is 0 Å². The number of hydrogen-bond donors (Lipinski definition) is 1. The second-order valence-electron chi connectivity index (χ2n) is 5.44. The molecule has 0 radical (unpaired) electrons. The Morgan fingerprint density at radius 3 is 2.90 bits per heavy atom. The van der Waals surface area contributed by atoms with Crippen molar-refractivity contribution in [1.82, 2.24) is 14.8 Å². The first kappa shape index (κ1) is 15.1. The van der Waals surface area contributed by atoms with E-state index in [0.717, 1.165) is 38.9 Å². The Labute approximate surface area is 137 Å². The molecule has 0 fully saturated rings. The van der Waals surface area contributed by atoms with Crippen LogP contribution in [0.1, 0.15) is 43.6 Å². The maximum absolute atomic E-state index is 5.92. The molecule has 0 saturated carbocycles. The smallest absolute Gasteiger partial charge is 0.196 e. The summed E-state index contributed by atoms with van der Waals surface area (Å²) in [6, 6.07) is 6.32. The van der Waals surface area contributed by atoms with Gasteiger partial charge in [-0.05, 0) is 65.2 Å². The van der Waals surface area contributed by atoms with Crippen LogP contribution in [0, 0.1) is 0 Å². The molecule has 2 N–H and O–H groups in total. The van der Waals surface area contributed by atoms with E-state index in [4.69, 9.17) is 5.73 Å². The second-order valence-corrected chi connectivity index (χ2v) is 7.31. The highest BCUT2D eigenvalue weighted by Crippen LogP contribution is 2.34. The monoisotopic (exact) mass is 366 g/mol. The first-order valence-corrected chi connectivity index (χ1v) is 8.91. The number of nitrogens with two attached hydrogens (primary N) is 1. The summed E-state index contributed by atoms with van der Waals surface area (Å²) in [6.45, 7) is 3.02. The number of hydrogen-bond acceptors (Lipinski definition) is 4. The molecule has 2 aromatic rings. The van der Waals surface area contributed by atoms with Gasteiger partial charge in [-0.1, -0.05) is 12.5 Å². The van der Waals surface area contributed by atoms with Crippen molar-refractivity contribution in [2.45, 2.75) is 55.2 Å². The molecule has 1 unspecified atom stereocenters. The topological polar surface area (TPSA) is 56.7 Å². The first-order valence-electron chi connectivity index (χ1n) is 7.30. The predicted molar refractivity (Wildman–Crippen MR) is 88.4 cm³/mol. The van der Waals surface area contributed by atoms with Gasteiger partial charge < -0.3 is 10.3 Å². The minimum atomic E-state index is 0.0460. The molecule has 1 aromatic heterocycles. The normalized spacial score (nSPS) is 16.3. The Balaban J connectivity index is 1.85. The fraction of sp³-hybridized carbons (Fsp3) is 0.467. The quantitative estimate of drug-likeness (QED) is 0.893. The van der Waals surface area contributed by atoms with Crippen LogP contribution < -0.4 is 5.73 Å². The van der Waals surface area contributed by atoms with Crippen LogP contribution in [0.15, 0.2) is 32.7 Å². The van der Waals surface area contributed by atoms with Crippen LogP contribution in [0.5, 0.6) is 0 Å². The van der Waals surface area contributed by atoms with Gasteiger partial charge in [-0.25, -0.2) is 0 Å². The summed E-state index contributed by atoms with van der Waals surface area (Å²) in [5, 5.41) is 9.70. The van der Waals surface area contributed by atoms with Gasteiger partial charge in [0.25, 0.3) is 0 Å². The molecule has 0 bridgehead atoms. The largest absolute Gasteiger partial charge is 0.324 e. The van der Waals surface area contributed by atoms with Crippen LogP contribution in [-0.2, 0) is 13.0 Å². The lowest BCUT2D eigenvalue weighted by Gasteiger charge is -2.10. The highest BCUT2D eigenvalue weighted by molar-refractivity contribution is 9.10. The van der Waals surface area contributed by atoms with Crippen LogP contribution in [0.25, 0.3) is 0 Å². The van der Waals surface area contributed by atoms with Crippen molar-refractivity contribution in [2.24, 2.45) is 5.73 Å². The van der Waals surface area contributed by atoms with E-state index < -0.39 is 0 Å². The van der Waals surface area contributed by atoms with E-state index in [2.05, 4.69) is 48.9 Å². The average Bonchev–Trinajstić information content (AvgIpc) is 2.69. The second kappa shape index (κ2) is 6.50. The Morgan fingerprint density at radius 2 is 2.14 bits per heavy atom. The number of nitrogens with zero attached hydrogens (tertiary/aromatic N) is 3. The van der Waals surface area contributed by atoms with Crippen LogP contribution in [0.3, 0.4) is 0 Å². The molecule has 4 nitrogen and oxygen atoms in total. The fourth-order valence-corrected chi connectivity index (χ4v) is 4.03. The minimum absolute atomic E-state index is 0.0460. The van der Waals surface area contributed by atoms with E-state index >= 15 is 0 Å². The van der Waals surface area contributed by atoms with Gasteiger partial charge in [0, 0.05) is 28.4 Å². The van der Waals surface area contributed by atoms with E-state index in [0.29, 0.717) is 0 Å². The molecule has 1 atom stereocenters. The van der Waals surface area contributed by atoms with Crippen molar-refractivity contribution in [3.05, 3.63) is 34.1 Å². The van der Waals surface area contributed by atoms with Gasteiger partial charge in [0.2, 0.25) is 0 Å². The van der Waals surface area contributed by atoms with Gasteiger partial charge in [-0.15, -0.1) is 10.2 Å². The highest BCUT2D eigenvalue weighted by atomic mass is 79.9. The molecule has 112 valence electrons. The van der Waals surface area contributed by atoms with E-state index in [1.54, 1.807) is 11.8 Å². The molecule has 3 rings (SSSR count). The predicted octanol–water partition coefficient (Wildman–Crippen LogP) is 3.94. The SMILES string of the molecule is CC(N)c1ccc(Sc2nnc3n2CCCCC3)c(Br)c1. The van der Waals surface area contributed by atoms with Gasteiger partial charge >= 0.3 is 0 Å². The first-order chi connectivity index (χ1) is 10.1. The zero-order valence-corrected chi connectivity index (χ0v) is 14.5. The van der Waals surface area contributed by atoms with Crippen LogP contribution in [0.2, 0.25) is 0 Å². The zero-order valence-electron chi connectivity index (χ0n) is 12.1. The molecular weight excluding hydrogens is 348 g/mol. The number of aromatic nitrogens is 3. The van der Waals surface area contributed by atoms with Gasteiger partial charge in [0.05, 0.1) is 0 Å². The third-order valence-electron chi connectivity index (χ3n) is 3.76. The van der Waals surface area contributed by atoms with E-state index in [1.165, 1.54) is 19.3 Å². The Kier molecular flexibility index (Phi) is 4.66. The molecule has 1 aliphatic rings. The molecule has 2 heterocycles. The maximum Gasteiger partial charge on any atom is 0.196 e. The van der Waals surface area contributed by atoms with Gasteiger partial charge in [0.15, 0.2) is 5.16 Å². The third kappa shape index (κ3) is 3.33. The fourth-order valence-electron chi connectivity index (χ4n) is 2.52. The van der Waals surface area contributed by atoms with E-state index in [1.807, 2.05) is 6.92 Å². The summed E-state index contributed by atoms with van der Waals surface area (Å²) in [6.07, 6.45) is 4.75. The van der Waals surface area contributed by atoms with Crippen molar-refractivity contribution in [2.75, 3.05) is 0 Å². The lowest BCUT2D eigenvalue weighted by molar-refractivity contribution is 0.591. The summed E-state index contributed by atoms with van der Waals surface area (Å²) < 4.78 is 3.33.